The normalized spacial score (nSPS) is 15.2. The van der Waals surface area contributed by atoms with E-state index in [1.807, 2.05) is 34.6 Å². The molecule has 0 unspecified atom stereocenters. The maximum Gasteiger partial charge on any atom is 0.221 e. The zero-order valence-electron chi connectivity index (χ0n) is 12.3. The molecule has 0 rings (SSSR count). The van der Waals surface area contributed by atoms with E-state index in [-0.39, 0.29) is 23.5 Å². The quantitative estimate of drug-likeness (QED) is 0.709. The van der Waals surface area contributed by atoms with Gasteiger partial charge in [-0.15, -0.1) is 6.58 Å². The Bertz CT molecular complexity index is 313. The summed E-state index contributed by atoms with van der Waals surface area (Å²) >= 11 is 0. The second-order valence-electron chi connectivity index (χ2n) is 6.26. The van der Waals surface area contributed by atoms with E-state index < -0.39 is 11.3 Å². The van der Waals surface area contributed by atoms with Crippen molar-refractivity contribution in [3.8, 4) is 0 Å². The zero-order chi connectivity index (χ0) is 14.5. The number of nitrogens with two attached hydrogens (primary N) is 1. The minimum Gasteiger partial charge on any atom is -0.369 e. The summed E-state index contributed by atoms with van der Waals surface area (Å²) in [6, 6.07) is 0. The van der Waals surface area contributed by atoms with E-state index in [2.05, 4.69) is 6.58 Å². The third-order valence-electron chi connectivity index (χ3n) is 3.24. The van der Waals surface area contributed by atoms with Gasteiger partial charge < -0.3 is 5.73 Å². The number of ketones is 1. The first-order valence-electron chi connectivity index (χ1n) is 6.57. The van der Waals surface area contributed by atoms with Gasteiger partial charge in [-0.3, -0.25) is 9.59 Å². The first-order chi connectivity index (χ1) is 8.12. The van der Waals surface area contributed by atoms with Gasteiger partial charge in [-0.05, 0) is 18.8 Å². The fraction of sp³-hybridized carbons (Fsp3) is 0.733. The molecule has 0 aliphatic heterocycles. The standard InChI is InChI=1S/C15H27NO2/c1-7-8-9-11(14(16)18)12(10(2)3)13(17)15(4,5)6/h7,10-12H,1,8-9H2,2-6H3,(H2,16,18)/t11-,12+/m0/s1. The van der Waals surface area contributed by atoms with E-state index in [1.54, 1.807) is 6.08 Å². The number of allylic oxidation sites excluding steroid dienone is 1. The molecule has 18 heavy (non-hydrogen) atoms. The van der Waals surface area contributed by atoms with Crippen LogP contribution in [0.15, 0.2) is 12.7 Å². The minimum absolute atomic E-state index is 0.110. The summed E-state index contributed by atoms with van der Waals surface area (Å²) in [5.41, 5.74) is 5.02. The number of Topliss-reactive ketones (excluding diaryl/α,β-unsaturated/α-hetero) is 1. The van der Waals surface area contributed by atoms with E-state index >= 15 is 0 Å². The van der Waals surface area contributed by atoms with Gasteiger partial charge in [0, 0.05) is 17.3 Å². The molecular formula is C15H27NO2. The molecule has 0 aromatic rings. The Morgan fingerprint density at radius 3 is 2.06 bits per heavy atom. The van der Waals surface area contributed by atoms with Gasteiger partial charge in [0.15, 0.2) is 0 Å². The Morgan fingerprint density at radius 1 is 1.28 bits per heavy atom. The fourth-order valence-electron chi connectivity index (χ4n) is 2.25. The Labute approximate surface area is 111 Å². The maximum atomic E-state index is 12.5. The summed E-state index contributed by atoms with van der Waals surface area (Å²) in [4.78, 5) is 24.1. The Hall–Kier alpha value is -1.12. The molecule has 0 saturated heterocycles. The minimum atomic E-state index is -0.448. The zero-order valence-corrected chi connectivity index (χ0v) is 12.3. The van der Waals surface area contributed by atoms with E-state index in [1.165, 1.54) is 0 Å². The molecule has 0 saturated carbocycles. The molecule has 2 atom stereocenters. The average Bonchev–Trinajstić information content (AvgIpc) is 2.20. The molecular weight excluding hydrogens is 226 g/mol. The van der Waals surface area contributed by atoms with Crippen molar-refractivity contribution < 1.29 is 9.59 Å². The fourth-order valence-corrected chi connectivity index (χ4v) is 2.25. The Kier molecular flexibility index (Phi) is 6.30. The summed E-state index contributed by atoms with van der Waals surface area (Å²) in [6.45, 7) is 13.2. The molecule has 0 spiro atoms. The van der Waals surface area contributed by atoms with Gasteiger partial charge in [0.25, 0.3) is 0 Å². The number of carbonyl (C=O) groups is 2. The molecule has 0 fully saturated rings. The van der Waals surface area contributed by atoms with E-state index in [0.717, 1.165) is 0 Å². The molecule has 3 heteroatoms. The lowest BCUT2D eigenvalue weighted by Crippen LogP contribution is -2.41. The van der Waals surface area contributed by atoms with Gasteiger partial charge in [0.05, 0.1) is 0 Å². The summed E-state index contributed by atoms with van der Waals surface area (Å²) in [5.74, 6) is -0.852. The van der Waals surface area contributed by atoms with Crippen LogP contribution in [-0.2, 0) is 9.59 Å². The average molecular weight is 253 g/mol. The predicted molar refractivity (Wildman–Crippen MR) is 74.9 cm³/mol. The highest BCUT2D eigenvalue weighted by Gasteiger charge is 2.38. The van der Waals surface area contributed by atoms with Crippen molar-refractivity contribution in [2.45, 2.75) is 47.5 Å². The van der Waals surface area contributed by atoms with Crippen molar-refractivity contribution in [1.29, 1.82) is 0 Å². The van der Waals surface area contributed by atoms with Crippen molar-refractivity contribution in [2.24, 2.45) is 28.9 Å². The van der Waals surface area contributed by atoms with Crippen LogP contribution in [0.5, 0.6) is 0 Å². The van der Waals surface area contributed by atoms with Crippen LogP contribution in [-0.4, -0.2) is 11.7 Å². The van der Waals surface area contributed by atoms with Gasteiger partial charge in [0.1, 0.15) is 5.78 Å². The van der Waals surface area contributed by atoms with Crippen molar-refractivity contribution in [3.05, 3.63) is 12.7 Å². The first-order valence-corrected chi connectivity index (χ1v) is 6.57. The molecule has 0 heterocycles. The number of amides is 1. The SMILES string of the molecule is C=CCC[C@H](C(N)=O)[C@H](C(=O)C(C)(C)C)C(C)C. The molecule has 0 aromatic heterocycles. The molecule has 0 aromatic carbocycles. The van der Waals surface area contributed by atoms with Crippen LogP contribution in [0.2, 0.25) is 0 Å². The van der Waals surface area contributed by atoms with Gasteiger partial charge >= 0.3 is 0 Å². The summed E-state index contributed by atoms with van der Waals surface area (Å²) in [5, 5.41) is 0. The van der Waals surface area contributed by atoms with E-state index in [4.69, 9.17) is 5.73 Å². The molecule has 0 aliphatic carbocycles. The van der Waals surface area contributed by atoms with Crippen molar-refractivity contribution in [2.75, 3.05) is 0 Å². The topological polar surface area (TPSA) is 60.2 Å². The highest BCUT2D eigenvalue weighted by atomic mass is 16.1. The van der Waals surface area contributed by atoms with Crippen LogP contribution < -0.4 is 5.73 Å². The molecule has 1 amide bonds. The van der Waals surface area contributed by atoms with Gasteiger partial charge in [-0.2, -0.15) is 0 Å². The lowest BCUT2D eigenvalue weighted by atomic mass is 9.70. The highest BCUT2D eigenvalue weighted by Crippen LogP contribution is 2.32. The Morgan fingerprint density at radius 2 is 1.78 bits per heavy atom. The molecule has 2 N–H and O–H groups in total. The summed E-state index contributed by atoms with van der Waals surface area (Å²) in [6.07, 6.45) is 3.06. The number of rotatable bonds is 7. The van der Waals surface area contributed by atoms with Crippen LogP contribution >= 0.6 is 0 Å². The van der Waals surface area contributed by atoms with Crippen LogP contribution in [0.25, 0.3) is 0 Å². The van der Waals surface area contributed by atoms with Crippen LogP contribution in [0.1, 0.15) is 47.5 Å². The Balaban J connectivity index is 5.22. The van der Waals surface area contributed by atoms with Crippen molar-refractivity contribution in [3.63, 3.8) is 0 Å². The largest absolute Gasteiger partial charge is 0.369 e. The second-order valence-corrected chi connectivity index (χ2v) is 6.26. The highest BCUT2D eigenvalue weighted by molar-refractivity contribution is 5.91. The first kappa shape index (κ1) is 16.9. The van der Waals surface area contributed by atoms with Crippen molar-refractivity contribution >= 4 is 11.7 Å². The van der Waals surface area contributed by atoms with Crippen LogP contribution in [0.3, 0.4) is 0 Å². The summed E-state index contributed by atoms with van der Waals surface area (Å²) < 4.78 is 0. The molecule has 0 radical (unpaired) electrons. The number of carbonyl (C=O) groups excluding carboxylic acids is 2. The molecule has 0 bridgehead atoms. The van der Waals surface area contributed by atoms with Crippen LogP contribution in [0.4, 0.5) is 0 Å². The van der Waals surface area contributed by atoms with Gasteiger partial charge in [-0.1, -0.05) is 40.7 Å². The van der Waals surface area contributed by atoms with Crippen LogP contribution in [0, 0.1) is 23.2 Å². The monoisotopic (exact) mass is 253 g/mol. The summed E-state index contributed by atoms with van der Waals surface area (Å²) in [7, 11) is 0. The maximum absolute atomic E-state index is 12.5. The number of primary amides is 1. The predicted octanol–water partition coefficient (Wildman–Crippen LogP) is 2.94. The lowest BCUT2D eigenvalue weighted by Gasteiger charge is -2.32. The third kappa shape index (κ3) is 4.63. The number of hydrogen-bond acceptors (Lipinski definition) is 2. The lowest BCUT2D eigenvalue weighted by molar-refractivity contribution is -0.139. The molecule has 3 nitrogen and oxygen atoms in total. The van der Waals surface area contributed by atoms with Crippen molar-refractivity contribution in [1.82, 2.24) is 0 Å². The second kappa shape index (κ2) is 6.72. The molecule has 104 valence electrons. The van der Waals surface area contributed by atoms with E-state index in [0.29, 0.717) is 12.8 Å². The van der Waals surface area contributed by atoms with Gasteiger partial charge in [0.2, 0.25) is 5.91 Å². The smallest absolute Gasteiger partial charge is 0.221 e. The molecule has 0 aliphatic rings. The van der Waals surface area contributed by atoms with E-state index in [9.17, 15) is 9.59 Å². The van der Waals surface area contributed by atoms with Gasteiger partial charge in [-0.25, -0.2) is 0 Å². The third-order valence-corrected chi connectivity index (χ3v) is 3.24. The number of hydrogen-bond donors (Lipinski definition) is 1.